The summed E-state index contributed by atoms with van der Waals surface area (Å²) in [7, 11) is 0. The van der Waals surface area contributed by atoms with Gasteiger partial charge in [0, 0.05) is 23.3 Å². The molecule has 1 heteroatoms. The molecule has 0 bridgehead atoms. The molecule has 2 aromatic carbocycles. The van der Waals surface area contributed by atoms with Crippen molar-refractivity contribution in [1.82, 2.24) is 0 Å². The SMILES string of the molecule is Cc1ccc(N2c3ccccc3[C@H]3CCC[C@H]32)cc1. The molecule has 19 heavy (non-hydrogen) atoms. The van der Waals surface area contributed by atoms with Crippen LogP contribution in [0, 0.1) is 6.92 Å². The molecule has 0 aromatic heterocycles. The molecule has 1 saturated carbocycles. The van der Waals surface area contributed by atoms with E-state index in [4.69, 9.17) is 0 Å². The summed E-state index contributed by atoms with van der Waals surface area (Å²) in [5.74, 6) is 0.748. The molecule has 1 aliphatic carbocycles. The number of para-hydroxylation sites is 1. The minimum atomic E-state index is 0.681. The molecule has 0 saturated heterocycles. The molecule has 2 atom stereocenters. The van der Waals surface area contributed by atoms with Crippen LogP contribution in [0.2, 0.25) is 0 Å². The number of benzene rings is 2. The maximum atomic E-state index is 2.58. The van der Waals surface area contributed by atoms with Crippen LogP contribution in [0.3, 0.4) is 0 Å². The van der Waals surface area contributed by atoms with E-state index in [2.05, 4.69) is 60.4 Å². The van der Waals surface area contributed by atoms with Gasteiger partial charge in [0.1, 0.15) is 0 Å². The second-order valence-corrected chi connectivity index (χ2v) is 5.87. The lowest BCUT2D eigenvalue weighted by Gasteiger charge is -2.27. The van der Waals surface area contributed by atoms with Gasteiger partial charge < -0.3 is 4.90 Å². The molecule has 0 amide bonds. The largest absolute Gasteiger partial charge is 0.338 e. The Balaban J connectivity index is 1.85. The number of aryl methyl sites for hydroxylation is 1. The molecule has 0 unspecified atom stereocenters. The third-order valence-corrected chi connectivity index (χ3v) is 4.72. The van der Waals surface area contributed by atoms with Crippen molar-refractivity contribution in [2.75, 3.05) is 4.90 Å². The van der Waals surface area contributed by atoms with Gasteiger partial charge >= 0.3 is 0 Å². The van der Waals surface area contributed by atoms with E-state index in [1.807, 2.05) is 0 Å². The van der Waals surface area contributed by atoms with Crippen molar-refractivity contribution in [3.8, 4) is 0 Å². The lowest BCUT2D eigenvalue weighted by Crippen LogP contribution is -2.26. The lowest BCUT2D eigenvalue weighted by atomic mass is 9.98. The van der Waals surface area contributed by atoms with Crippen molar-refractivity contribution in [2.45, 2.75) is 38.1 Å². The fraction of sp³-hybridized carbons (Fsp3) is 0.333. The highest BCUT2D eigenvalue weighted by molar-refractivity contribution is 5.73. The highest BCUT2D eigenvalue weighted by Gasteiger charge is 2.41. The Bertz CT molecular complexity index is 599. The number of hydrogen-bond acceptors (Lipinski definition) is 1. The highest BCUT2D eigenvalue weighted by Crippen LogP contribution is 2.51. The number of anilines is 2. The smallest absolute Gasteiger partial charge is 0.0449 e. The summed E-state index contributed by atoms with van der Waals surface area (Å²) >= 11 is 0. The normalized spacial score (nSPS) is 24.4. The average molecular weight is 249 g/mol. The van der Waals surface area contributed by atoms with Gasteiger partial charge in [-0.25, -0.2) is 0 Å². The van der Waals surface area contributed by atoms with E-state index in [1.54, 1.807) is 5.56 Å². The maximum absolute atomic E-state index is 2.58. The predicted molar refractivity (Wildman–Crippen MR) is 80.1 cm³/mol. The first-order valence-corrected chi connectivity index (χ1v) is 7.29. The molecule has 1 nitrogen and oxygen atoms in total. The predicted octanol–water partition coefficient (Wildman–Crippen LogP) is 4.78. The van der Waals surface area contributed by atoms with E-state index in [-0.39, 0.29) is 0 Å². The number of rotatable bonds is 1. The van der Waals surface area contributed by atoms with E-state index >= 15 is 0 Å². The number of fused-ring (bicyclic) bond motifs is 3. The van der Waals surface area contributed by atoms with Crippen LogP contribution in [0.5, 0.6) is 0 Å². The van der Waals surface area contributed by atoms with Crippen molar-refractivity contribution in [3.05, 3.63) is 59.7 Å². The average Bonchev–Trinajstić information content (AvgIpc) is 3.00. The van der Waals surface area contributed by atoms with Gasteiger partial charge in [-0.2, -0.15) is 0 Å². The zero-order chi connectivity index (χ0) is 12.8. The van der Waals surface area contributed by atoms with Crippen LogP contribution in [0.4, 0.5) is 11.4 Å². The Hall–Kier alpha value is -1.76. The third-order valence-electron chi connectivity index (χ3n) is 4.72. The molecule has 2 aromatic rings. The van der Waals surface area contributed by atoms with Gasteiger partial charge in [-0.15, -0.1) is 0 Å². The van der Waals surface area contributed by atoms with Gasteiger partial charge in [0.25, 0.3) is 0 Å². The maximum Gasteiger partial charge on any atom is 0.0449 e. The minimum Gasteiger partial charge on any atom is -0.338 e. The summed E-state index contributed by atoms with van der Waals surface area (Å²) in [6.45, 7) is 2.15. The van der Waals surface area contributed by atoms with E-state index in [9.17, 15) is 0 Å². The fourth-order valence-corrected chi connectivity index (χ4v) is 3.85. The summed E-state index contributed by atoms with van der Waals surface area (Å²) < 4.78 is 0. The molecule has 0 N–H and O–H groups in total. The first kappa shape index (κ1) is 11.1. The molecule has 96 valence electrons. The summed E-state index contributed by atoms with van der Waals surface area (Å²) in [6, 6.07) is 18.6. The Morgan fingerprint density at radius 2 is 1.74 bits per heavy atom. The van der Waals surface area contributed by atoms with Gasteiger partial charge in [0.15, 0.2) is 0 Å². The fourth-order valence-electron chi connectivity index (χ4n) is 3.85. The van der Waals surface area contributed by atoms with Crippen molar-refractivity contribution >= 4 is 11.4 Å². The first-order valence-electron chi connectivity index (χ1n) is 7.29. The minimum absolute atomic E-state index is 0.681. The zero-order valence-electron chi connectivity index (χ0n) is 11.3. The summed E-state index contributed by atoms with van der Waals surface area (Å²) in [5.41, 5.74) is 5.68. The van der Waals surface area contributed by atoms with Crippen LogP contribution >= 0.6 is 0 Å². The van der Waals surface area contributed by atoms with Crippen LogP contribution in [0.25, 0.3) is 0 Å². The molecular weight excluding hydrogens is 230 g/mol. The summed E-state index contributed by atoms with van der Waals surface area (Å²) in [6.07, 6.45) is 4.04. The van der Waals surface area contributed by atoms with Crippen molar-refractivity contribution in [1.29, 1.82) is 0 Å². The molecule has 4 rings (SSSR count). The molecule has 1 heterocycles. The van der Waals surface area contributed by atoms with Crippen LogP contribution < -0.4 is 4.90 Å². The Kier molecular flexibility index (Phi) is 2.41. The van der Waals surface area contributed by atoms with Crippen LogP contribution in [-0.2, 0) is 0 Å². The van der Waals surface area contributed by atoms with Crippen molar-refractivity contribution in [3.63, 3.8) is 0 Å². The molecule has 0 radical (unpaired) electrons. The summed E-state index contributed by atoms with van der Waals surface area (Å²) in [5, 5.41) is 0. The number of nitrogens with zero attached hydrogens (tertiary/aromatic N) is 1. The van der Waals surface area contributed by atoms with E-state index in [1.165, 1.54) is 36.2 Å². The quantitative estimate of drug-likeness (QED) is 0.703. The van der Waals surface area contributed by atoms with Gasteiger partial charge in [-0.05, 0) is 43.5 Å². The third kappa shape index (κ3) is 1.61. The standard InChI is InChI=1S/C18H19N/c1-13-9-11-14(12-10-13)19-17-7-3-2-5-15(17)16-6-4-8-18(16)19/h2-3,5,7,9-12,16,18H,4,6,8H2,1H3/t16-,18-/m1/s1. The monoisotopic (exact) mass is 249 g/mol. The Labute approximate surface area is 114 Å². The topological polar surface area (TPSA) is 3.24 Å². The Morgan fingerprint density at radius 1 is 0.947 bits per heavy atom. The van der Waals surface area contributed by atoms with Crippen LogP contribution in [-0.4, -0.2) is 6.04 Å². The number of hydrogen-bond donors (Lipinski definition) is 0. The summed E-state index contributed by atoms with van der Waals surface area (Å²) in [4.78, 5) is 2.58. The zero-order valence-corrected chi connectivity index (χ0v) is 11.3. The van der Waals surface area contributed by atoms with E-state index in [0.29, 0.717) is 6.04 Å². The van der Waals surface area contributed by atoms with Crippen molar-refractivity contribution in [2.24, 2.45) is 0 Å². The van der Waals surface area contributed by atoms with Gasteiger partial charge in [0.2, 0.25) is 0 Å². The van der Waals surface area contributed by atoms with Crippen LogP contribution in [0.15, 0.2) is 48.5 Å². The highest BCUT2D eigenvalue weighted by atomic mass is 15.2. The second-order valence-electron chi connectivity index (χ2n) is 5.87. The molecular formula is C18H19N. The first-order chi connectivity index (χ1) is 9.34. The van der Waals surface area contributed by atoms with E-state index < -0.39 is 0 Å². The molecule has 0 spiro atoms. The van der Waals surface area contributed by atoms with Gasteiger partial charge in [0.05, 0.1) is 0 Å². The Morgan fingerprint density at radius 3 is 2.58 bits per heavy atom. The molecule has 2 aliphatic rings. The lowest BCUT2D eigenvalue weighted by molar-refractivity contribution is 0.642. The molecule has 1 fully saturated rings. The molecule has 1 aliphatic heterocycles. The van der Waals surface area contributed by atoms with E-state index in [0.717, 1.165) is 5.92 Å². The van der Waals surface area contributed by atoms with Crippen molar-refractivity contribution < 1.29 is 0 Å². The second kappa shape index (κ2) is 4.12. The van der Waals surface area contributed by atoms with Crippen LogP contribution in [0.1, 0.15) is 36.3 Å². The van der Waals surface area contributed by atoms with Gasteiger partial charge in [-0.1, -0.05) is 42.3 Å². The van der Waals surface area contributed by atoms with Gasteiger partial charge in [-0.3, -0.25) is 0 Å².